The first-order valence-electron chi connectivity index (χ1n) is 5.54. The van der Waals surface area contributed by atoms with E-state index < -0.39 is 0 Å². The van der Waals surface area contributed by atoms with Crippen LogP contribution in [0.4, 0.5) is 17.1 Å². The van der Waals surface area contributed by atoms with Gasteiger partial charge in [0.2, 0.25) is 6.41 Å². The number of rotatable bonds is 4. The smallest absolute Gasteiger partial charge is 0.213 e. The summed E-state index contributed by atoms with van der Waals surface area (Å²) in [5, 5.41) is 8.23. The molecule has 90 valence electrons. The number of anilines is 1. The molecule has 0 N–H and O–H groups in total. The minimum absolute atomic E-state index is 0.752. The van der Waals surface area contributed by atoms with Crippen LogP contribution in [0.5, 0.6) is 0 Å². The summed E-state index contributed by atoms with van der Waals surface area (Å²) in [7, 11) is 1.70. The van der Waals surface area contributed by atoms with Gasteiger partial charge in [-0.3, -0.25) is 4.79 Å². The number of amides is 1. The Bertz CT molecular complexity index is 535. The summed E-state index contributed by atoms with van der Waals surface area (Å²) in [5.74, 6) is 0. The van der Waals surface area contributed by atoms with E-state index >= 15 is 0 Å². The minimum atomic E-state index is 0.752. The average Bonchev–Trinajstić information content (AvgIpc) is 2.46. The van der Waals surface area contributed by atoms with Crippen molar-refractivity contribution in [1.82, 2.24) is 0 Å². The van der Waals surface area contributed by atoms with E-state index in [0.29, 0.717) is 0 Å². The van der Waals surface area contributed by atoms with Crippen molar-refractivity contribution in [2.75, 3.05) is 11.9 Å². The third-order valence-electron chi connectivity index (χ3n) is 2.45. The van der Waals surface area contributed by atoms with Gasteiger partial charge >= 0.3 is 0 Å². The van der Waals surface area contributed by atoms with Crippen molar-refractivity contribution in [2.45, 2.75) is 0 Å². The van der Waals surface area contributed by atoms with Crippen LogP contribution in [-0.4, -0.2) is 13.5 Å². The van der Waals surface area contributed by atoms with Crippen molar-refractivity contribution in [3.63, 3.8) is 0 Å². The van der Waals surface area contributed by atoms with Crippen LogP contribution in [0.2, 0.25) is 0 Å². The van der Waals surface area contributed by atoms with Gasteiger partial charge in [-0.25, -0.2) is 0 Å². The lowest BCUT2D eigenvalue weighted by molar-refractivity contribution is -0.107. The molecule has 0 unspecified atom stereocenters. The van der Waals surface area contributed by atoms with Gasteiger partial charge in [-0.05, 0) is 36.4 Å². The number of carbonyl (C=O) groups is 1. The number of nitrogens with zero attached hydrogens (tertiary/aromatic N) is 3. The molecule has 2 aromatic rings. The summed E-state index contributed by atoms with van der Waals surface area (Å²) in [4.78, 5) is 12.1. The molecule has 0 aliphatic rings. The van der Waals surface area contributed by atoms with Crippen molar-refractivity contribution >= 4 is 23.5 Å². The Balaban J connectivity index is 2.11. The van der Waals surface area contributed by atoms with Crippen molar-refractivity contribution in [2.24, 2.45) is 10.2 Å². The normalized spacial score (nSPS) is 10.5. The van der Waals surface area contributed by atoms with E-state index in [4.69, 9.17) is 0 Å². The molecule has 0 saturated heterocycles. The second kappa shape index (κ2) is 5.72. The predicted molar refractivity (Wildman–Crippen MR) is 71.5 cm³/mol. The number of carbonyl (C=O) groups excluding carboxylic acids is 1. The molecular formula is C14H13N3O. The highest BCUT2D eigenvalue weighted by Gasteiger charge is 1.97. The van der Waals surface area contributed by atoms with Crippen molar-refractivity contribution < 1.29 is 4.79 Å². The van der Waals surface area contributed by atoms with Gasteiger partial charge in [0.15, 0.2) is 0 Å². The zero-order chi connectivity index (χ0) is 12.8. The molecular weight excluding hydrogens is 226 g/mol. The van der Waals surface area contributed by atoms with Crippen LogP contribution in [0, 0.1) is 0 Å². The molecule has 0 aromatic heterocycles. The van der Waals surface area contributed by atoms with Gasteiger partial charge in [-0.1, -0.05) is 18.2 Å². The molecule has 0 heterocycles. The molecule has 0 fully saturated rings. The van der Waals surface area contributed by atoms with E-state index in [-0.39, 0.29) is 0 Å². The molecule has 0 radical (unpaired) electrons. The Labute approximate surface area is 106 Å². The van der Waals surface area contributed by atoms with Crippen LogP contribution in [0.15, 0.2) is 64.8 Å². The molecule has 4 heteroatoms. The molecule has 0 bridgehead atoms. The lowest BCUT2D eigenvalue weighted by Gasteiger charge is -2.09. The second-order valence-electron chi connectivity index (χ2n) is 3.77. The number of hydrogen-bond acceptors (Lipinski definition) is 3. The zero-order valence-corrected chi connectivity index (χ0v) is 10.0. The molecule has 4 nitrogen and oxygen atoms in total. The maximum Gasteiger partial charge on any atom is 0.213 e. The Kier molecular flexibility index (Phi) is 3.81. The molecule has 18 heavy (non-hydrogen) atoms. The highest BCUT2D eigenvalue weighted by molar-refractivity contribution is 5.74. The van der Waals surface area contributed by atoms with Crippen LogP contribution in [-0.2, 0) is 4.79 Å². The quantitative estimate of drug-likeness (QED) is 0.592. The van der Waals surface area contributed by atoms with Gasteiger partial charge in [0.05, 0.1) is 11.4 Å². The Morgan fingerprint density at radius 3 is 2.00 bits per heavy atom. The van der Waals surface area contributed by atoms with Gasteiger partial charge in [0, 0.05) is 12.7 Å². The highest BCUT2D eigenvalue weighted by Crippen LogP contribution is 2.20. The molecule has 0 aliphatic heterocycles. The lowest BCUT2D eigenvalue weighted by atomic mass is 10.3. The SMILES string of the molecule is CN(C=O)c1ccc(/N=N/c2ccccc2)cc1. The van der Waals surface area contributed by atoms with Crippen LogP contribution in [0.1, 0.15) is 0 Å². The van der Waals surface area contributed by atoms with Gasteiger partial charge in [0.25, 0.3) is 0 Å². The first-order chi connectivity index (χ1) is 8.79. The topological polar surface area (TPSA) is 45.0 Å². The third kappa shape index (κ3) is 3.01. The monoisotopic (exact) mass is 239 g/mol. The summed E-state index contributed by atoms with van der Waals surface area (Å²) >= 11 is 0. The van der Waals surface area contributed by atoms with Gasteiger partial charge in [0.1, 0.15) is 0 Å². The standard InChI is InChI=1S/C14H13N3O/c1-17(11-18)14-9-7-13(8-10-14)16-15-12-5-3-2-4-6-12/h2-11H,1H3/b16-15+. The molecule has 0 saturated carbocycles. The average molecular weight is 239 g/mol. The van der Waals surface area contributed by atoms with Crippen LogP contribution < -0.4 is 4.90 Å². The maximum atomic E-state index is 10.6. The molecule has 0 spiro atoms. The lowest BCUT2D eigenvalue weighted by Crippen LogP contribution is -2.12. The number of hydrogen-bond donors (Lipinski definition) is 0. The van der Waals surface area contributed by atoms with Crippen LogP contribution >= 0.6 is 0 Å². The summed E-state index contributed by atoms with van der Waals surface area (Å²) < 4.78 is 0. The molecule has 2 aromatic carbocycles. The van der Waals surface area contributed by atoms with Crippen molar-refractivity contribution in [3.05, 3.63) is 54.6 Å². The molecule has 2 rings (SSSR count). The molecule has 0 atom stereocenters. The van der Waals surface area contributed by atoms with E-state index in [1.807, 2.05) is 54.6 Å². The van der Waals surface area contributed by atoms with Gasteiger partial charge in [-0.2, -0.15) is 10.2 Å². The molecule has 0 aliphatic carbocycles. The van der Waals surface area contributed by atoms with E-state index in [0.717, 1.165) is 23.5 Å². The summed E-state index contributed by atoms with van der Waals surface area (Å²) in [6.07, 6.45) is 0.764. The van der Waals surface area contributed by atoms with E-state index in [9.17, 15) is 4.79 Å². The highest BCUT2D eigenvalue weighted by atomic mass is 16.1. The largest absolute Gasteiger partial charge is 0.318 e. The molecule has 1 amide bonds. The Hall–Kier alpha value is -2.49. The van der Waals surface area contributed by atoms with Crippen LogP contribution in [0.3, 0.4) is 0 Å². The first kappa shape index (κ1) is 12.0. The third-order valence-corrected chi connectivity index (χ3v) is 2.45. The fourth-order valence-corrected chi connectivity index (χ4v) is 1.43. The second-order valence-corrected chi connectivity index (χ2v) is 3.77. The van der Waals surface area contributed by atoms with Crippen LogP contribution in [0.25, 0.3) is 0 Å². The van der Waals surface area contributed by atoms with Gasteiger partial charge in [-0.15, -0.1) is 0 Å². The zero-order valence-electron chi connectivity index (χ0n) is 10.0. The fraction of sp³-hybridized carbons (Fsp3) is 0.0714. The van der Waals surface area contributed by atoms with E-state index in [1.54, 1.807) is 7.05 Å². The summed E-state index contributed by atoms with van der Waals surface area (Å²) in [5.41, 5.74) is 2.39. The fourth-order valence-electron chi connectivity index (χ4n) is 1.43. The van der Waals surface area contributed by atoms with Crippen molar-refractivity contribution in [3.8, 4) is 0 Å². The maximum absolute atomic E-state index is 10.6. The Morgan fingerprint density at radius 1 is 0.889 bits per heavy atom. The van der Waals surface area contributed by atoms with E-state index in [1.165, 1.54) is 4.90 Å². The number of benzene rings is 2. The van der Waals surface area contributed by atoms with Gasteiger partial charge < -0.3 is 4.90 Å². The number of azo groups is 1. The van der Waals surface area contributed by atoms with E-state index in [2.05, 4.69) is 10.2 Å². The predicted octanol–water partition coefficient (Wildman–Crippen LogP) is 3.69. The van der Waals surface area contributed by atoms with Crippen molar-refractivity contribution in [1.29, 1.82) is 0 Å². The first-order valence-corrected chi connectivity index (χ1v) is 5.54. The summed E-state index contributed by atoms with van der Waals surface area (Å²) in [6, 6.07) is 16.8. The minimum Gasteiger partial charge on any atom is -0.318 e. The summed E-state index contributed by atoms with van der Waals surface area (Å²) in [6.45, 7) is 0. The Morgan fingerprint density at radius 2 is 1.44 bits per heavy atom.